The van der Waals surface area contributed by atoms with E-state index in [4.69, 9.17) is 4.98 Å². The Balaban J connectivity index is 1.31. The number of para-hydroxylation sites is 1. The molecule has 0 saturated heterocycles. The number of amides is 1. The van der Waals surface area contributed by atoms with Crippen LogP contribution in [0.4, 0.5) is 5.13 Å². The van der Waals surface area contributed by atoms with E-state index in [0.717, 1.165) is 33.3 Å². The number of rotatable bonds is 6. The predicted octanol–water partition coefficient (Wildman–Crippen LogP) is 5.41. The maximum atomic E-state index is 12.5. The molecule has 2 aromatic carbocycles. The van der Waals surface area contributed by atoms with Crippen LogP contribution in [0.15, 0.2) is 65.1 Å². The van der Waals surface area contributed by atoms with E-state index in [2.05, 4.69) is 45.0 Å². The summed E-state index contributed by atoms with van der Waals surface area (Å²) in [6, 6.07) is 18.2. The highest BCUT2D eigenvalue weighted by atomic mass is 32.2. The molecule has 0 aliphatic heterocycles. The van der Waals surface area contributed by atoms with Gasteiger partial charge in [0.25, 0.3) is 0 Å². The molecule has 3 heterocycles. The van der Waals surface area contributed by atoms with Crippen molar-refractivity contribution in [3.63, 3.8) is 0 Å². The van der Waals surface area contributed by atoms with Crippen molar-refractivity contribution < 1.29 is 4.79 Å². The van der Waals surface area contributed by atoms with Gasteiger partial charge in [-0.15, -0.1) is 21.5 Å². The molecular formula is C23H20N6OS2. The van der Waals surface area contributed by atoms with Gasteiger partial charge in [-0.1, -0.05) is 60.3 Å². The number of thioether (sulfide) groups is 1. The number of benzene rings is 2. The average Bonchev–Trinajstić information content (AvgIpc) is 3.40. The normalized spacial score (nSPS) is 11.5. The fraction of sp³-hybridized carbons (Fsp3) is 0.174. The Morgan fingerprint density at radius 2 is 1.84 bits per heavy atom. The molecule has 0 spiro atoms. The van der Waals surface area contributed by atoms with E-state index in [1.165, 1.54) is 23.1 Å². The van der Waals surface area contributed by atoms with E-state index in [1.807, 2.05) is 53.9 Å². The number of anilines is 1. The second-order valence-corrected chi connectivity index (χ2v) is 9.29. The van der Waals surface area contributed by atoms with Gasteiger partial charge in [0.2, 0.25) is 11.1 Å². The Morgan fingerprint density at radius 1 is 1.06 bits per heavy atom. The monoisotopic (exact) mass is 460 g/mol. The summed E-state index contributed by atoms with van der Waals surface area (Å²) in [5.41, 5.74) is 4.51. The summed E-state index contributed by atoms with van der Waals surface area (Å²) in [6.45, 7) is 4.23. The van der Waals surface area contributed by atoms with Crippen LogP contribution in [0.5, 0.6) is 0 Å². The zero-order valence-electron chi connectivity index (χ0n) is 17.5. The predicted molar refractivity (Wildman–Crippen MR) is 130 cm³/mol. The molecular weight excluding hydrogens is 440 g/mol. The van der Waals surface area contributed by atoms with Gasteiger partial charge in [0.05, 0.1) is 17.0 Å². The lowest BCUT2D eigenvalue weighted by molar-refractivity contribution is -0.113. The maximum Gasteiger partial charge on any atom is 0.236 e. The summed E-state index contributed by atoms with van der Waals surface area (Å²) in [5, 5.41) is 15.5. The highest BCUT2D eigenvalue weighted by Gasteiger charge is 2.17. The van der Waals surface area contributed by atoms with Crippen LogP contribution in [0, 0.1) is 0 Å². The Kier molecular flexibility index (Phi) is 5.59. The number of nitrogens with one attached hydrogen (secondary N) is 1. The standard InChI is InChI=1S/C23H20N6OS2/c1-14(2)29-18-11-7-6-10-16(18)20-21(29)26-23(28-27-20)32-13-19(30)25-22-24-17(12-31-22)15-8-4-3-5-9-15/h3-12,14H,13H2,1-2H3,(H,24,25,30). The quantitative estimate of drug-likeness (QED) is 0.341. The fourth-order valence-corrected chi connectivity index (χ4v) is 4.90. The number of hydrogen-bond acceptors (Lipinski definition) is 7. The second kappa shape index (κ2) is 8.68. The molecule has 1 N–H and O–H groups in total. The van der Waals surface area contributed by atoms with Crippen molar-refractivity contribution in [3.05, 3.63) is 60.0 Å². The molecule has 0 unspecified atom stereocenters. The van der Waals surface area contributed by atoms with Gasteiger partial charge in [0.1, 0.15) is 5.52 Å². The molecule has 0 aliphatic carbocycles. The molecule has 1 amide bonds. The van der Waals surface area contributed by atoms with Crippen LogP contribution >= 0.6 is 23.1 Å². The highest BCUT2D eigenvalue weighted by Crippen LogP contribution is 2.30. The zero-order valence-corrected chi connectivity index (χ0v) is 19.2. The fourth-order valence-electron chi connectivity index (χ4n) is 3.59. The minimum Gasteiger partial charge on any atom is -0.321 e. The van der Waals surface area contributed by atoms with E-state index in [9.17, 15) is 4.79 Å². The van der Waals surface area contributed by atoms with E-state index in [0.29, 0.717) is 10.3 Å². The third kappa shape index (κ3) is 3.96. The van der Waals surface area contributed by atoms with Crippen LogP contribution in [-0.4, -0.2) is 36.4 Å². The molecule has 0 radical (unpaired) electrons. The van der Waals surface area contributed by atoms with Gasteiger partial charge in [-0.25, -0.2) is 9.97 Å². The van der Waals surface area contributed by atoms with Crippen LogP contribution in [0.1, 0.15) is 19.9 Å². The van der Waals surface area contributed by atoms with E-state index >= 15 is 0 Å². The number of aromatic nitrogens is 5. The van der Waals surface area contributed by atoms with E-state index in [1.54, 1.807) is 0 Å². The Bertz CT molecular complexity index is 1410. The van der Waals surface area contributed by atoms with Gasteiger partial charge in [-0.3, -0.25) is 4.79 Å². The summed E-state index contributed by atoms with van der Waals surface area (Å²) >= 11 is 2.67. The molecule has 0 fully saturated rings. The smallest absolute Gasteiger partial charge is 0.236 e. The molecule has 0 bridgehead atoms. The number of hydrogen-bond donors (Lipinski definition) is 1. The SMILES string of the molecule is CC(C)n1c2ccccc2c2nnc(SCC(=O)Nc3nc(-c4ccccc4)cs3)nc21. The third-order valence-electron chi connectivity index (χ3n) is 4.96. The van der Waals surface area contributed by atoms with Crippen LogP contribution < -0.4 is 5.32 Å². The first-order valence-corrected chi connectivity index (χ1v) is 12.0. The summed E-state index contributed by atoms with van der Waals surface area (Å²) in [4.78, 5) is 21.7. The molecule has 32 heavy (non-hydrogen) atoms. The zero-order chi connectivity index (χ0) is 22.1. The van der Waals surface area contributed by atoms with Crippen molar-refractivity contribution in [2.45, 2.75) is 25.0 Å². The average molecular weight is 461 g/mol. The number of thiazole rings is 1. The Labute approximate surface area is 192 Å². The molecule has 5 aromatic rings. The van der Waals surface area contributed by atoms with Gasteiger partial charge in [0, 0.05) is 22.4 Å². The molecule has 160 valence electrons. The first-order chi connectivity index (χ1) is 15.6. The van der Waals surface area contributed by atoms with Crippen LogP contribution in [0.25, 0.3) is 33.3 Å². The van der Waals surface area contributed by atoms with E-state index in [-0.39, 0.29) is 17.7 Å². The maximum absolute atomic E-state index is 12.5. The lowest BCUT2D eigenvalue weighted by Gasteiger charge is -2.10. The topological polar surface area (TPSA) is 85.6 Å². The molecule has 9 heteroatoms. The third-order valence-corrected chi connectivity index (χ3v) is 6.56. The number of carbonyl (C=O) groups is 1. The first kappa shape index (κ1) is 20.6. The van der Waals surface area contributed by atoms with Crippen LogP contribution in [-0.2, 0) is 4.79 Å². The van der Waals surface area contributed by atoms with Gasteiger partial charge in [0.15, 0.2) is 10.8 Å². The minimum absolute atomic E-state index is 0.155. The highest BCUT2D eigenvalue weighted by molar-refractivity contribution is 7.99. The lowest BCUT2D eigenvalue weighted by atomic mass is 10.2. The van der Waals surface area contributed by atoms with Crippen molar-refractivity contribution in [1.29, 1.82) is 0 Å². The van der Waals surface area contributed by atoms with Crippen molar-refractivity contribution in [2.24, 2.45) is 0 Å². The summed E-state index contributed by atoms with van der Waals surface area (Å²) in [5.74, 6) is 0.0204. The molecule has 5 rings (SSSR count). The number of nitrogens with zero attached hydrogens (tertiary/aromatic N) is 5. The van der Waals surface area contributed by atoms with Crippen molar-refractivity contribution in [3.8, 4) is 11.3 Å². The molecule has 7 nitrogen and oxygen atoms in total. The van der Waals surface area contributed by atoms with E-state index < -0.39 is 0 Å². The van der Waals surface area contributed by atoms with Gasteiger partial charge in [-0.05, 0) is 19.9 Å². The molecule has 0 atom stereocenters. The number of carbonyl (C=O) groups excluding carboxylic acids is 1. The van der Waals surface area contributed by atoms with Crippen LogP contribution in [0.3, 0.4) is 0 Å². The first-order valence-electron chi connectivity index (χ1n) is 10.2. The van der Waals surface area contributed by atoms with Crippen molar-refractivity contribution in [1.82, 2.24) is 24.7 Å². The summed E-state index contributed by atoms with van der Waals surface area (Å²) < 4.78 is 2.16. The van der Waals surface area contributed by atoms with Crippen LogP contribution in [0.2, 0.25) is 0 Å². The lowest BCUT2D eigenvalue weighted by Crippen LogP contribution is -2.14. The molecule has 0 saturated carbocycles. The molecule has 3 aromatic heterocycles. The van der Waals surface area contributed by atoms with Gasteiger partial charge < -0.3 is 9.88 Å². The number of fused-ring (bicyclic) bond motifs is 3. The van der Waals surface area contributed by atoms with Crippen molar-refractivity contribution in [2.75, 3.05) is 11.1 Å². The molecule has 0 aliphatic rings. The second-order valence-electron chi connectivity index (χ2n) is 7.49. The Morgan fingerprint density at radius 3 is 2.66 bits per heavy atom. The Hall–Kier alpha value is -3.30. The minimum atomic E-state index is -0.155. The van der Waals surface area contributed by atoms with Crippen molar-refractivity contribution >= 4 is 56.2 Å². The van der Waals surface area contributed by atoms with Gasteiger partial charge >= 0.3 is 0 Å². The largest absolute Gasteiger partial charge is 0.321 e. The summed E-state index contributed by atoms with van der Waals surface area (Å²) in [6.07, 6.45) is 0. The van der Waals surface area contributed by atoms with Gasteiger partial charge in [-0.2, -0.15) is 0 Å². The summed E-state index contributed by atoms with van der Waals surface area (Å²) in [7, 11) is 0.